The standard InChI is InChI=1S/C10H14O3/c1-12-10(11)5-9-8-4-2-3-7(8)6-13-9/h2-3,7-9H,4-6H2,1H3/t7-,8-,9?/m0/s1. The third-order valence-corrected chi connectivity index (χ3v) is 2.92. The summed E-state index contributed by atoms with van der Waals surface area (Å²) in [6.45, 7) is 0.767. The molecule has 0 aromatic heterocycles. The van der Waals surface area contributed by atoms with Crippen LogP contribution in [0.25, 0.3) is 0 Å². The molecule has 0 aromatic rings. The van der Waals surface area contributed by atoms with Crippen LogP contribution in [0.4, 0.5) is 0 Å². The summed E-state index contributed by atoms with van der Waals surface area (Å²) in [6.07, 6.45) is 5.91. The summed E-state index contributed by atoms with van der Waals surface area (Å²) >= 11 is 0. The van der Waals surface area contributed by atoms with Crippen LogP contribution in [0, 0.1) is 11.8 Å². The molecule has 0 spiro atoms. The average Bonchev–Trinajstić information content (AvgIpc) is 2.69. The zero-order valence-electron chi connectivity index (χ0n) is 7.73. The monoisotopic (exact) mass is 182 g/mol. The quantitative estimate of drug-likeness (QED) is 0.474. The lowest BCUT2D eigenvalue weighted by Gasteiger charge is -2.15. The van der Waals surface area contributed by atoms with Crippen LogP contribution in [0.5, 0.6) is 0 Å². The van der Waals surface area contributed by atoms with Crippen LogP contribution in [0.1, 0.15) is 12.8 Å². The van der Waals surface area contributed by atoms with Crippen molar-refractivity contribution in [2.45, 2.75) is 18.9 Å². The van der Waals surface area contributed by atoms with Crippen LogP contribution in [0.2, 0.25) is 0 Å². The van der Waals surface area contributed by atoms with E-state index in [-0.39, 0.29) is 12.1 Å². The van der Waals surface area contributed by atoms with Crippen molar-refractivity contribution in [3.05, 3.63) is 12.2 Å². The van der Waals surface area contributed by atoms with Gasteiger partial charge in [0.2, 0.25) is 0 Å². The third kappa shape index (κ3) is 1.61. The molecule has 3 atom stereocenters. The maximum absolute atomic E-state index is 11.0. The second-order valence-electron chi connectivity index (χ2n) is 3.64. The molecule has 0 bridgehead atoms. The van der Waals surface area contributed by atoms with Gasteiger partial charge in [0.15, 0.2) is 0 Å². The summed E-state index contributed by atoms with van der Waals surface area (Å²) in [5, 5.41) is 0. The Balaban J connectivity index is 1.91. The summed E-state index contributed by atoms with van der Waals surface area (Å²) < 4.78 is 10.2. The van der Waals surface area contributed by atoms with Gasteiger partial charge in [-0.1, -0.05) is 12.2 Å². The summed E-state index contributed by atoms with van der Waals surface area (Å²) in [6, 6.07) is 0. The fraction of sp³-hybridized carbons (Fsp3) is 0.700. The molecular formula is C10H14O3. The van der Waals surface area contributed by atoms with E-state index in [1.807, 2.05) is 0 Å². The highest BCUT2D eigenvalue weighted by molar-refractivity contribution is 5.69. The minimum absolute atomic E-state index is 0.0763. The Hall–Kier alpha value is -0.830. The molecule has 3 heteroatoms. The van der Waals surface area contributed by atoms with Crippen molar-refractivity contribution in [2.24, 2.45) is 11.8 Å². The molecule has 1 heterocycles. The number of hydrogen-bond acceptors (Lipinski definition) is 3. The molecule has 0 saturated carbocycles. The molecule has 13 heavy (non-hydrogen) atoms. The number of esters is 1. The van der Waals surface area contributed by atoms with Crippen LogP contribution in [-0.2, 0) is 14.3 Å². The van der Waals surface area contributed by atoms with Crippen LogP contribution in [0.15, 0.2) is 12.2 Å². The van der Waals surface area contributed by atoms with Gasteiger partial charge in [0, 0.05) is 5.92 Å². The van der Waals surface area contributed by atoms with Crippen molar-refractivity contribution in [1.82, 2.24) is 0 Å². The average molecular weight is 182 g/mol. The van der Waals surface area contributed by atoms with Gasteiger partial charge >= 0.3 is 5.97 Å². The van der Waals surface area contributed by atoms with E-state index in [4.69, 9.17) is 4.74 Å². The number of ether oxygens (including phenoxy) is 2. The van der Waals surface area contributed by atoms with E-state index in [9.17, 15) is 4.79 Å². The molecule has 0 N–H and O–H groups in total. The molecule has 2 aliphatic rings. The maximum atomic E-state index is 11.0. The van der Waals surface area contributed by atoms with E-state index in [0.29, 0.717) is 18.3 Å². The van der Waals surface area contributed by atoms with Gasteiger partial charge in [-0.15, -0.1) is 0 Å². The lowest BCUT2D eigenvalue weighted by atomic mass is 9.92. The molecule has 0 radical (unpaired) electrons. The number of carbonyl (C=O) groups is 1. The van der Waals surface area contributed by atoms with Gasteiger partial charge in [0.25, 0.3) is 0 Å². The molecule has 1 saturated heterocycles. The minimum Gasteiger partial charge on any atom is -0.469 e. The first kappa shape index (κ1) is 8.75. The summed E-state index contributed by atoms with van der Waals surface area (Å²) in [5.74, 6) is 0.881. The SMILES string of the molecule is COC(=O)CC1OC[C@@H]2C=CC[C@H]12. The predicted molar refractivity (Wildman–Crippen MR) is 47.1 cm³/mol. The first-order valence-corrected chi connectivity index (χ1v) is 4.66. The van der Waals surface area contributed by atoms with Crippen LogP contribution < -0.4 is 0 Å². The van der Waals surface area contributed by atoms with E-state index in [1.54, 1.807) is 0 Å². The molecule has 3 nitrogen and oxygen atoms in total. The number of methoxy groups -OCH3 is 1. The predicted octanol–water partition coefficient (Wildman–Crippen LogP) is 1.14. The summed E-state index contributed by atoms with van der Waals surface area (Å²) in [4.78, 5) is 11.0. The Morgan fingerprint density at radius 1 is 1.69 bits per heavy atom. The highest BCUT2D eigenvalue weighted by Gasteiger charge is 2.38. The molecular weight excluding hydrogens is 168 g/mol. The molecule has 72 valence electrons. The highest BCUT2D eigenvalue weighted by Crippen LogP contribution is 2.37. The van der Waals surface area contributed by atoms with Crippen molar-refractivity contribution < 1.29 is 14.3 Å². The number of hydrogen-bond donors (Lipinski definition) is 0. The number of rotatable bonds is 2. The zero-order valence-corrected chi connectivity index (χ0v) is 7.73. The Kier molecular flexibility index (Phi) is 2.36. The van der Waals surface area contributed by atoms with Gasteiger partial charge in [-0.2, -0.15) is 0 Å². The molecule has 1 aliphatic heterocycles. The van der Waals surface area contributed by atoms with Crippen molar-refractivity contribution in [2.75, 3.05) is 13.7 Å². The van der Waals surface area contributed by atoms with E-state index in [2.05, 4.69) is 16.9 Å². The summed E-state index contributed by atoms with van der Waals surface area (Å²) in [5.41, 5.74) is 0. The highest BCUT2D eigenvalue weighted by atomic mass is 16.5. The van der Waals surface area contributed by atoms with Crippen LogP contribution >= 0.6 is 0 Å². The van der Waals surface area contributed by atoms with Crippen LogP contribution in [0.3, 0.4) is 0 Å². The van der Waals surface area contributed by atoms with E-state index >= 15 is 0 Å². The lowest BCUT2D eigenvalue weighted by Crippen LogP contribution is -2.21. The molecule has 2 rings (SSSR count). The topological polar surface area (TPSA) is 35.5 Å². The molecule has 1 fully saturated rings. The van der Waals surface area contributed by atoms with E-state index in [1.165, 1.54) is 7.11 Å². The van der Waals surface area contributed by atoms with Crippen molar-refractivity contribution >= 4 is 5.97 Å². The lowest BCUT2D eigenvalue weighted by molar-refractivity contribution is -0.143. The first-order valence-electron chi connectivity index (χ1n) is 4.66. The van der Waals surface area contributed by atoms with Crippen molar-refractivity contribution in [1.29, 1.82) is 0 Å². The van der Waals surface area contributed by atoms with Gasteiger partial charge < -0.3 is 9.47 Å². The molecule has 1 unspecified atom stereocenters. The summed E-state index contributed by atoms with van der Waals surface area (Å²) in [7, 11) is 1.42. The van der Waals surface area contributed by atoms with Gasteiger partial charge in [0.1, 0.15) is 0 Å². The Bertz CT molecular complexity index is 234. The first-order chi connectivity index (χ1) is 6.31. The fourth-order valence-electron chi connectivity index (χ4n) is 2.15. The van der Waals surface area contributed by atoms with Crippen molar-refractivity contribution in [3.63, 3.8) is 0 Å². The van der Waals surface area contributed by atoms with Gasteiger partial charge in [-0.05, 0) is 12.3 Å². The Morgan fingerprint density at radius 2 is 2.54 bits per heavy atom. The molecule has 0 aromatic carbocycles. The number of allylic oxidation sites excluding steroid dienone is 1. The Morgan fingerprint density at radius 3 is 3.31 bits per heavy atom. The largest absolute Gasteiger partial charge is 0.469 e. The van der Waals surface area contributed by atoms with Gasteiger partial charge in [0.05, 0.1) is 26.2 Å². The maximum Gasteiger partial charge on any atom is 0.308 e. The molecule has 0 amide bonds. The third-order valence-electron chi connectivity index (χ3n) is 2.92. The Labute approximate surface area is 77.7 Å². The second kappa shape index (κ2) is 3.50. The molecule has 1 aliphatic carbocycles. The van der Waals surface area contributed by atoms with E-state index < -0.39 is 0 Å². The normalized spacial score (nSPS) is 36.2. The smallest absolute Gasteiger partial charge is 0.308 e. The number of carbonyl (C=O) groups excluding carboxylic acids is 1. The minimum atomic E-state index is -0.169. The van der Waals surface area contributed by atoms with E-state index in [0.717, 1.165) is 13.0 Å². The number of fused-ring (bicyclic) bond motifs is 1. The van der Waals surface area contributed by atoms with Crippen LogP contribution in [-0.4, -0.2) is 25.8 Å². The van der Waals surface area contributed by atoms with Crippen molar-refractivity contribution in [3.8, 4) is 0 Å². The van der Waals surface area contributed by atoms with Gasteiger partial charge in [-0.25, -0.2) is 0 Å². The fourth-order valence-corrected chi connectivity index (χ4v) is 2.15. The second-order valence-corrected chi connectivity index (χ2v) is 3.64. The zero-order chi connectivity index (χ0) is 9.26. The van der Waals surface area contributed by atoms with Gasteiger partial charge in [-0.3, -0.25) is 4.79 Å².